The molecular weight excluding hydrogens is 465 g/mol. The van der Waals surface area contributed by atoms with Crippen LogP contribution in [0.4, 0.5) is 4.39 Å². The highest BCUT2D eigenvalue weighted by molar-refractivity contribution is 5.82. The molecule has 4 rings (SSSR count). The Balaban J connectivity index is 1.13. The van der Waals surface area contributed by atoms with Gasteiger partial charge in [-0.1, -0.05) is 30.3 Å². The molecule has 1 aromatic heterocycles. The first kappa shape index (κ1) is 24.5. The molecule has 0 aliphatic heterocycles. The first-order valence-electron chi connectivity index (χ1n) is 11.2. The Labute approximate surface area is 207 Å². The number of benzene rings is 3. The van der Waals surface area contributed by atoms with Crippen molar-refractivity contribution in [3.05, 3.63) is 102 Å². The lowest BCUT2D eigenvalue weighted by Crippen LogP contribution is -2.43. The first-order valence-corrected chi connectivity index (χ1v) is 11.2. The molecule has 8 nitrogen and oxygen atoms in total. The Morgan fingerprint density at radius 2 is 1.50 bits per heavy atom. The molecule has 184 valence electrons. The number of ether oxygens (including phenoxy) is 2. The number of hydrogen-bond acceptors (Lipinski definition) is 6. The summed E-state index contributed by atoms with van der Waals surface area (Å²) in [5.74, 6) is 0.738. The molecule has 0 saturated carbocycles. The Hall–Kier alpha value is -4.66. The van der Waals surface area contributed by atoms with Crippen molar-refractivity contribution in [3.63, 3.8) is 0 Å². The summed E-state index contributed by atoms with van der Waals surface area (Å²) in [6.45, 7) is 0.180. The number of amides is 2. The zero-order valence-electron chi connectivity index (χ0n) is 19.3. The summed E-state index contributed by atoms with van der Waals surface area (Å²) in [6, 6.07) is 22.5. The van der Waals surface area contributed by atoms with Gasteiger partial charge in [-0.3, -0.25) is 20.4 Å². The van der Waals surface area contributed by atoms with Gasteiger partial charge in [0.1, 0.15) is 23.9 Å². The second kappa shape index (κ2) is 12.2. The summed E-state index contributed by atoms with van der Waals surface area (Å²) in [5, 5.41) is 0. The van der Waals surface area contributed by atoms with Crippen molar-refractivity contribution < 1.29 is 27.9 Å². The van der Waals surface area contributed by atoms with Crippen molar-refractivity contribution in [2.75, 3.05) is 6.61 Å². The quantitative estimate of drug-likeness (QED) is 0.324. The molecule has 36 heavy (non-hydrogen) atoms. The molecule has 0 saturated heterocycles. The van der Waals surface area contributed by atoms with Gasteiger partial charge in [0, 0.05) is 18.4 Å². The van der Waals surface area contributed by atoms with Gasteiger partial charge in [-0.25, -0.2) is 9.37 Å². The highest BCUT2D eigenvalue weighted by Gasteiger charge is 2.10. The smallest absolute Gasteiger partial charge is 0.276 e. The lowest BCUT2D eigenvalue weighted by Gasteiger charge is -2.10. The van der Waals surface area contributed by atoms with E-state index in [4.69, 9.17) is 13.9 Å². The summed E-state index contributed by atoms with van der Waals surface area (Å²) in [5.41, 5.74) is 6.37. The molecule has 0 aliphatic rings. The Bertz CT molecular complexity index is 1280. The van der Waals surface area contributed by atoms with E-state index in [9.17, 15) is 14.0 Å². The number of aryl methyl sites for hydroxylation is 1. The normalized spacial score (nSPS) is 10.5. The fourth-order valence-corrected chi connectivity index (χ4v) is 3.15. The molecule has 0 unspecified atom stereocenters. The number of oxazole rings is 1. The fraction of sp³-hybridized carbons (Fsp3) is 0.148. The van der Waals surface area contributed by atoms with Crippen LogP contribution in [0, 0.1) is 5.82 Å². The average Bonchev–Trinajstić information content (AvgIpc) is 3.39. The Morgan fingerprint density at radius 1 is 0.833 bits per heavy atom. The molecule has 2 N–H and O–H groups in total. The van der Waals surface area contributed by atoms with Crippen molar-refractivity contribution in [2.24, 2.45) is 0 Å². The Kier molecular flexibility index (Phi) is 8.27. The molecule has 0 spiro atoms. The third-order valence-electron chi connectivity index (χ3n) is 5.03. The van der Waals surface area contributed by atoms with Crippen LogP contribution in [0.25, 0.3) is 11.3 Å². The standard InChI is InChI=1S/C27H24FN3O5/c28-21-8-6-20(7-9-21)24-16-29-27(36-24)15-14-25(32)30-31-26(33)18-35-23-12-10-22(11-13-23)34-17-19-4-2-1-3-5-19/h1-13,16H,14-15,17-18H2,(H,30,32)(H,31,33). The molecule has 4 aromatic rings. The largest absolute Gasteiger partial charge is 0.489 e. The van der Waals surface area contributed by atoms with Gasteiger partial charge in [0.05, 0.1) is 6.20 Å². The number of carbonyl (C=O) groups is 2. The summed E-state index contributed by atoms with van der Waals surface area (Å²) in [7, 11) is 0. The van der Waals surface area contributed by atoms with E-state index in [2.05, 4.69) is 15.8 Å². The third kappa shape index (κ3) is 7.42. The van der Waals surface area contributed by atoms with Gasteiger partial charge in [0.15, 0.2) is 18.3 Å². The lowest BCUT2D eigenvalue weighted by molar-refractivity contribution is -0.130. The van der Waals surface area contributed by atoms with Gasteiger partial charge in [-0.2, -0.15) is 0 Å². The number of hydrazine groups is 1. The van der Waals surface area contributed by atoms with Crippen LogP contribution in [0.3, 0.4) is 0 Å². The van der Waals surface area contributed by atoms with E-state index in [0.29, 0.717) is 35.3 Å². The highest BCUT2D eigenvalue weighted by atomic mass is 19.1. The molecule has 0 atom stereocenters. The molecule has 0 radical (unpaired) electrons. The summed E-state index contributed by atoms with van der Waals surface area (Å²) in [6.07, 6.45) is 1.80. The van der Waals surface area contributed by atoms with E-state index >= 15 is 0 Å². The maximum Gasteiger partial charge on any atom is 0.276 e. The second-order valence-electron chi connectivity index (χ2n) is 7.76. The van der Waals surface area contributed by atoms with Crippen LogP contribution in [0.2, 0.25) is 0 Å². The molecule has 2 amide bonds. The predicted octanol–water partition coefficient (Wildman–Crippen LogP) is 4.22. The number of aromatic nitrogens is 1. The van der Waals surface area contributed by atoms with Crippen LogP contribution in [-0.2, 0) is 22.6 Å². The molecule has 0 fully saturated rings. The molecular formula is C27H24FN3O5. The molecule has 3 aromatic carbocycles. The van der Waals surface area contributed by atoms with E-state index in [1.54, 1.807) is 36.4 Å². The number of hydrogen-bond donors (Lipinski definition) is 2. The molecule has 0 aliphatic carbocycles. The minimum absolute atomic E-state index is 0.0505. The highest BCUT2D eigenvalue weighted by Crippen LogP contribution is 2.21. The zero-order chi connectivity index (χ0) is 25.2. The second-order valence-corrected chi connectivity index (χ2v) is 7.76. The number of carbonyl (C=O) groups excluding carboxylic acids is 2. The fourth-order valence-electron chi connectivity index (χ4n) is 3.15. The van der Waals surface area contributed by atoms with E-state index in [1.165, 1.54) is 18.3 Å². The van der Waals surface area contributed by atoms with Gasteiger partial charge in [0.25, 0.3) is 5.91 Å². The summed E-state index contributed by atoms with van der Waals surface area (Å²) < 4.78 is 29.8. The van der Waals surface area contributed by atoms with Gasteiger partial charge >= 0.3 is 0 Å². The monoisotopic (exact) mass is 489 g/mol. The van der Waals surface area contributed by atoms with E-state index in [-0.39, 0.29) is 25.3 Å². The van der Waals surface area contributed by atoms with Crippen LogP contribution in [0.1, 0.15) is 17.9 Å². The Morgan fingerprint density at radius 3 is 2.22 bits per heavy atom. The van der Waals surface area contributed by atoms with Gasteiger partial charge in [-0.05, 0) is 54.1 Å². The SMILES string of the molecule is O=C(CCc1ncc(-c2ccc(F)cc2)o1)NNC(=O)COc1ccc(OCc2ccccc2)cc1. The maximum atomic E-state index is 13.0. The average molecular weight is 490 g/mol. The topological polar surface area (TPSA) is 103 Å². The minimum atomic E-state index is -0.512. The predicted molar refractivity (Wildman–Crippen MR) is 129 cm³/mol. The van der Waals surface area contributed by atoms with Crippen LogP contribution >= 0.6 is 0 Å². The van der Waals surface area contributed by atoms with Gasteiger partial charge < -0.3 is 13.9 Å². The van der Waals surface area contributed by atoms with Crippen molar-refractivity contribution in [3.8, 4) is 22.8 Å². The number of rotatable bonds is 10. The number of nitrogens with one attached hydrogen (secondary N) is 2. The zero-order valence-corrected chi connectivity index (χ0v) is 19.3. The van der Waals surface area contributed by atoms with Crippen molar-refractivity contribution in [1.82, 2.24) is 15.8 Å². The lowest BCUT2D eigenvalue weighted by atomic mass is 10.2. The molecule has 0 bridgehead atoms. The summed E-state index contributed by atoms with van der Waals surface area (Å²) in [4.78, 5) is 28.1. The van der Waals surface area contributed by atoms with Crippen LogP contribution < -0.4 is 20.3 Å². The van der Waals surface area contributed by atoms with E-state index in [0.717, 1.165) is 5.56 Å². The first-order chi connectivity index (χ1) is 17.5. The third-order valence-corrected chi connectivity index (χ3v) is 5.03. The van der Waals surface area contributed by atoms with Crippen molar-refractivity contribution in [2.45, 2.75) is 19.4 Å². The van der Waals surface area contributed by atoms with Crippen molar-refractivity contribution >= 4 is 11.8 Å². The summed E-state index contributed by atoms with van der Waals surface area (Å²) >= 11 is 0. The maximum absolute atomic E-state index is 13.0. The van der Waals surface area contributed by atoms with Crippen molar-refractivity contribution in [1.29, 1.82) is 0 Å². The minimum Gasteiger partial charge on any atom is -0.489 e. The van der Waals surface area contributed by atoms with Crippen LogP contribution in [0.15, 0.2) is 89.5 Å². The molecule has 9 heteroatoms. The number of nitrogens with zero attached hydrogens (tertiary/aromatic N) is 1. The van der Waals surface area contributed by atoms with E-state index < -0.39 is 11.8 Å². The van der Waals surface area contributed by atoms with Gasteiger partial charge in [-0.15, -0.1) is 0 Å². The van der Waals surface area contributed by atoms with Crippen LogP contribution in [0.5, 0.6) is 11.5 Å². The van der Waals surface area contributed by atoms with Crippen LogP contribution in [-0.4, -0.2) is 23.4 Å². The van der Waals surface area contributed by atoms with E-state index in [1.807, 2.05) is 30.3 Å². The molecule has 1 heterocycles. The van der Waals surface area contributed by atoms with Gasteiger partial charge in [0.2, 0.25) is 5.91 Å². The number of halogens is 1.